The Morgan fingerprint density at radius 3 is 1.76 bits per heavy atom. The molecule has 0 aliphatic heterocycles. The van der Waals surface area contributed by atoms with Gasteiger partial charge < -0.3 is 0 Å². The van der Waals surface area contributed by atoms with Crippen molar-refractivity contribution in [1.29, 1.82) is 0 Å². The number of hydrogen-bond donors (Lipinski definition) is 1. The molecule has 0 saturated carbocycles. The van der Waals surface area contributed by atoms with Gasteiger partial charge in [-0.15, -0.1) is 0 Å². The van der Waals surface area contributed by atoms with E-state index in [1.165, 1.54) is 10.6 Å². The Bertz CT molecular complexity index is 548. The van der Waals surface area contributed by atoms with Crippen molar-refractivity contribution in [2.24, 2.45) is 0 Å². The zero-order chi connectivity index (χ0) is 15.3. The van der Waals surface area contributed by atoms with Gasteiger partial charge in [0.25, 0.3) is 0 Å². The monoisotopic (exact) mass is 298 g/mol. The average Bonchev–Trinajstić information content (AvgIpc) is 2.47. The van der Waals surface area contributed by atoms with Crippen molar-refractivity contribution < 1.29 is 5.11 Å². The van der Waals surface area contributed by atoms with Gasteiger partial charge in [0.2, 0.25) is 0 Å². The van der Waals surface area contributed by atoms with Gasteiger partial charge in [-0.25, -0.2) is 0 Å². The van der Waals surface area contributed by atoms with E-state index in [0.29, 0.717) is 0 Å². The van der Waals surface area contributed by atoms with Crippen LogP contribution in [0.4, 0.5) is 0 Å². The van der Waals surface area contributed by atoms with Gasteiger partial charge in [-0.1, -0.05) is 0 Å². The second kappa shape index (κ2) is 6.60. The van der Waals surface area contributed by atoms with E-state index in [-0.39, 0.29) is 0 Å². The molecule has 0 aliphatic rings. The summed E-state index contributed by atoms with van der Waals surface area (Å²) >= 11 is 0. The molecule has 0 amide bonds. The Hall–Kier alpha value is -1.37. The molecule has 2 aromatic rings. The van der Waals surface area contributed by atoms with Gasteiger partial charge in [-0.05, 0) is 0 Å². The summed E-state index contributed by atoms with van der Waals surface area (Å²) in [6.45, 7) is 3.63. The van der Waals surface area contributed by atoms with Crippen molar-refractivity contribution in [3.05, 3.63) is 72.8 Å². The van der Waals surface area contributed by atoms with Crippen LogP contribution < -0.4 is 10.6 Å². The van der Waals surface area contributed by atoms with Crippen LogP contribution in [0.25, 0.3) is 0 Å². The van der Waals surface area contributed by atoms with Crippen LogP contribution in [0.3, 0.4) is 0 Å². The molecule has 0 radical (unpaired) electrons. The molecule has 0 atom stereocenters. The van der Waals surface area contributed by atoms with Gasteiger partial charge in [-0.2, -0.15) is 0 Å². The van der Waals surface area contributed by atoms with Crippen LogP contribution >= 0.6 is 7.14 Å². The van der Waals surface area contributed by atoms with Crippen molar-refractivity contribution in [3.8, 4) is 0 Å². The molecule has 21 heavy (non-hydrogen) atoms. The van der Waals surface area contributed by atoms with Crippen molar-refractivity contribution in [2.75, 3.05) is 6.16 Å². The molecule has 2 aromatic carbocycles. The van der Waals surface area contributed by atoms with Crippen molar-refractivity contribution in [2.45, 2.75) is 19.4 Å². The quantitative estimate of drug-likeness (QED) is 0.510. The molecule has 0 spiro atoms. The third kappa shape index (κ3) is 4.30. The first-order valence-corrected chi connectivity index (χ1v) is 10.1. The van der Waals surface area contributed by atoms with Gasteiger partial charge in [0, 0.05) is 0 Å². The molecule has 0 unspecified atom stereocenters. The number of hydrogen-bond acceptors (Lipinski definition) is 1. The maximum atomic E-state index is 9.88. The van der Waals surface area contributed by atoms with Crippen molar-refractivity contribution in [3.63, 3.8) is 0 Å². The van der Waals surface area contributed by atoms with Crippen molar-refractivity contribution >= 4 is 25.3 Å². The molecule has 1 N–H and O–H groups in total. The number of benzene rings is 2. The van der Waals surface area contributed by atoms with E-state index >= 15 is 0 Å². The maximum absolute atomic E-state index is 9.88. The summed E-state index contributed by atoms with van der Waals surface area (Å²) in [7, 11) is 0.596. The SMILES string of the molecule is B[PH](C/C=C/C(C)(C)O)(c1ccccc1)c1ccccc1. The predicted octanol–water partition coefficient (Wildman–Crippen LogP) is 2.26. The van der Waals surface area contributed by atoms with E-state index in [2.05, 4.69) is 74.3 Å². The molecule has 0 heterocycles. The average molecular weight is 298 g/mol. The Morgan fingerprint density at radius 1 is 0.952 bits per heavy atom. The topological polar surface area (TPSA) is 20.2 Å². The zero-order valence-electron chi connectivity index (χ0n) is 13.1. The van der Waals surface area contributed by atoms with Crippen LogP contribution in [-0.4, -0.2) is 24.4 Å². The summed E-state index contributed by atoms with van der Waals surface area (Å²) in [4.78, 5) is 0. The summed E-state index contributed by atoms with van der Waals surface area (Å²) in [5.41, 5.74) is -0.747. The molecular weight excluding hydrogens is 274 g/mol. The van der Waals surface area contributed by atoms with Gasteiger partial charge in [-0.3, -0.25) is 0 Å². The van der Waals surface area contributed by atoms with Crippen LogP contribution in [0.1, 0.15) is 13.8 Å². The molecule has 2 rings (SSSR count). The van der Waals surface area contributed by atoms with Crippen LogP contribution in [0.15, 0.2) is 72.8 Å². The fourth-order valence-corrected chi connectivity index (χ4v) is 5.85. The van der Waals surface area contributed by atoms with Gasteiger partial charge in [0.05, 0.1) is 0 Å². The molecule has 0 aromatic heterocycles. The predicted molar refractivity (Wildman–Crippen MR) is 99.3 cm³/mol. The van der Waals surface area contributed by atoms with Crippen LogP contribution in [0, 0.1) is 0 Å². The van der Waals surface area contributed by atoms with Gasteiger partial charge in [0.15, 0.2) is 0 Å². The summed E-state index contributed by atoms with van der Waals surface area (Å²) in [6.07, 6.45) is 5.04. The van der Waals surface area contributed by atoms with E-state index in [1.54, 1.807) is 0 Å². The number of rotatable bonds is 5. The second-order valence-electron chi connectivity index (χ2n) is 6.32. The van der Waals surface area contributed by atoms with Crippen LogP contribution in [-0.2, 0) is 0 Å². The van der Waals surface area contributed by atoms with Gasteiger partial charge in [0.1, 0.15) is 0 Å². The fraction of sp³-hybridized carbons (Fsp3) is 0.222. The molecular formula is C18H24BOP. The molecule has 0 bridgehead atoms. The van der Waals surface area contributed by atoms with E-state index in [4.69, 9.17) is 0 Å². The van der Waals surface area contributed by atoms with E-state index < -0.39 is 12.7 Å². The molecule has 3 heteroatoms. The number of allylic oxidation sites excluding steroid dienone is 1. The minimum atomic E-state index is -1.80. The standard InChI is InChI=1S/C18H24BOP/c1-18(2,20)14-9-15-21(19,16-10-5-3-6-11-16)17-12-7-4-8-13-17/h3-14,20-21H,15,19H2,1-2H3/b14-9+. The Labute approximate surface area is 129 Å². The van der Waals surface area contributed by atoms with Crippen molar-refractivity contribution in [1.82, 2.24) is 0 Å². The summed E-state index contributed by atoms with van der Waals surface area (Å²) < 4.78 is 0. The molecule has 0 saturated heterocycles. The second-order valence-corrected chi connectivity index (χ2v) is 10.6. The minimum absolute atomic E-state index is 0.747. The normalized spacial score (nSPS) is 13.5. The first-order chi connectivity index (χ1) is 9.92. The van der Waals surface area contributed by atoms with Crippen LogP contribution in [0.5, 0.6) is 0 Å². The third-order valence-corrected chi connectivity index (χ3v) is 8.14. The Kier molecular flexibility index (Phi) is 5.03. The van der Waals surface area contributed by atoms with E-state index in [1.807, 2.05) is 19.9 Å². The Morgan fingerprint density at radius 2 is 1.38 bits per heavy atom. The van der Waals surface area contributed by atoms with Crippen LogP contribution in [0.2, 0.25) is 0 Å². The summed E-state index contributed by atoms with van der Waals surface area (Å²) in [5.74, 6) is 0. The van der Waals surface area contributed by atoms with E-state index in [9.17, 15) is 5.11 Å². The molecule has 0 fully saturated rings. The fourth-order valence-electron chi connectivity index (χ4n) is 2.60. The molecule has 0 aliphatic carbocycles. The first kappa shape index (κ1) is 16.0. The first-order valence-electron chi connectivity index (χ1n) is 7.43. The Balaban J connectivity index is 2.38. The third-order valence-electron chi connectivity index (χ3n) is 3.87. The van der Waals surface area contributed by atoms with Gasteiger partial charge >= 0.3 is 129 Å². The molecule has 1 nitrogen and oxygen atoms in total. The summed E-state index contributed by atoms with van der Waals surface area (Å²) in [5, 5.41) is 12.7. The summed E-state index contributed by atoms with van der Waals surface area (Å²) in [6, 6.07) is 21.5. The zero-order valence-corrected chi connectivity index (χ0v) is 14.1. The number of aliphatic hydroxyl groups is 1. The molecule has 110 valence electrons. The van der Waals surface area contributed by atoms with E-state index in [0.717, 1.165) is 6.16 Å².